The van der Waals surface area contributed by atoms with Crippen molar-refractivity contribution in [2.75, 3.05) is 17.7 Å². The van der Waals surface area contributed by atoms with E-state index in [0.717, 1.165) is 10.6 Å². The summed E-state index contributed by atoms with van der Waals surface area (Å²) in [4.78, 5) is 25.3. The van der Waals surface area contributed by atoms with E-state index < -0.39 is 5.25 Å². The van der Waals surface area contributed by atoms with Gasteiger partial charge in [0, 0.05) is 17.4 Å². The number of carbonyl (C=O) groups excluding carboxylic acids is 2. The van der Waals surface area contributed by atoms with Gasteiger partial charge in [-0.3, -0.25) is 9.59 Å². The Bertz CT molecular complexity index is 797. The van der Waals surface area contributed by atoms with Crippen LogP contribution in [0.25, 0.3) is 0 Å². The predicted molar refractivity (Wildman–Crippen MR) is 96.0 cm³/mol. The second-order valence-electron chi connectivity index (χ2n) is 5.19. The Morgan fingerprint density at radius 3 is 2.88 bits per heavy atom. The van der Waals surface area contributed by atoms with Gasteiger partial charge in [0.1, 0.15) is 5.75 Å². The lowest BCUT2D eigenvalue weighted by atomic mass is 10.2. The Balaban J connectivity index is 1.66. The van der Waals surface area contributed by atoms with E-state index in [1.807, 2.05) is 24.3 Å². The molecule has 0 bridgehead atoms. The van der Waals surface area contributed by atoms with E-state index in [1.54, 1.807) is 25.3 Å². The average Bonchev–Trinajstić information content (AvgIpc) is 2.57. The maximum Gasteiger partial charge on any atom is 0.238 e. The number of carbonyl (C=O) groups is 2. The van der Waals surface area contributed by atoms with Crippen molar-refractivity contribution >= 4 is 46.6 Å². The van der Waals surface area contributed by atoms with Gasteiger partial charge >= 0.3 is 0 Å². The Hall–Kier alpha value is -2.18. The molecule has 7 heteroatoms. The molecular formula is C17H15ClN2O3S. The lowest BCUT2D eigenvalue weighted by Crippen LogP contribution is -2.32. The molecule has 0 saturated heterocycles. The summed E-state index contributed by atoms with van der Waals surface area (Å²) in [6.45, 7) is 0. The zero-order valence-electron chi connectivity index (χ0n) is 12.8. The van der Waals surface area contributed by atoms with Crippen molar-refractivity contribution in [2.24, 2.45) is 0 Å². The molecule has 0 aliphatic carbocycles. The second-order valence-corrected chi connectivity index (χ2v) is 6.84. The molecule has 2 aromatic rings. The molecule has 1 aliphatic rings. The average molecular weight is 363 g/mol. The Kier molecular flexibility index (Phi) is 4.97. The first-order valence-corrected chi connectivity index (χ1v) is 8.52. The summed E-state index contributed by atoms with van der Waals surface area (Å²) < 4.78 is 5.07. The molecule has 0 fully saturated rings. The molecule has 0 radical (unpaired) electrons. The second kappa shape index (κ2) is 7.15. The highest BCUT2D eigenvalue weighted by Gasteiger charge is 2.28. The van der Waals surface area contributed by atoms with Crippen molar-refractivity contribution in [3.63, 3.8) is 0 Å². The molecule has 3 rings (SSSR count). The molecule has 5 nitrogen and oxygen atoms in total. The van der Waals surface area contributed by atoms with Crippen LogP contribution in [0.5, 0.6) is 5.75 Å². The largest absolute Gasteiger partial charge is 0.497 e. The molecule has 0 aromatic heterocycles. The zero-order chi connectivity index (χ0) is 17.1. The summed E-state index contributed by atoms with van der Waals surface area (Å²) in [6, 6.07) is 12.5. The van der Waals surface area contributed by atoms with Crippen molar-refractivity contribution in [1.82, 2.24) is 0 Å². The van der Waals surface area contributed by atoms with Crippen LogP contribution in [-0.4, -0.2) is 24.2 Å². The SMILES string of the molecule is COc1ccc(NC(=O)CC2Sc3ccccc3NC2=O)c(Cl)c1. The Morgan fingerprint density at radius 2 is 2.12 bits per heavy atom. The number of para-hydroxylation sites is 1. The number of anilines is 2. The molecule has 2 aromatic carbocycles. The van der Waals surface area contributed by atoms with Crippen LogP contribution < -0.4 is 15.4 Å². The number of rotatable bonds is 4. The molecule has 0 saturated carbocycles. The number of benzene rings is 2. The van der Waals surface area contributed by atoms with Gasteiger partial charge in [-0.05, 0) is 24.3 Å². The van der Waals surface area contributed by atoms with Crippen molar-refractivity contribution in [1.29, 1.82) is 0 Å². The first-order valence-electron chi connectivity index (χ1n) is 7.27. The number of fused-ring (bicyclic) bond motifs is 1. The van der Waals surface area contributed by atoms with Gasteiger partial charge in [-0.2, -0.15) is 0 Å². The standard InChI is InChI=1S/C17H15ClN2O3S/c1-23-10-6-7-12(11(18)8-10)19-16(21)9-15-17(22)20-13-4-2-3-5-14(13)24-15/h2-8,15H,9H2,1H3,(H,19,21)(H,20,22). The van der Waals surface area contributed by atoms with Crippen LogP contribution in [0, 0.1) is 0 Å². The van der Waals surface area contributed by atoms with Gasteiger partial charge in [0.15, 0.2) is 0 Å². The number of methoxy groups -OCH3 is 1. The highest BCUT2D eigenvalue weighted by molar-refractivity contribution is 8.01. The third kappa shape index (κ3) is 3.66. The van der Waals surface area contributed by atoms with Gasteiger partial charge in [0.25, 0.3) is 0 Å². The summed E-state index contributed by atoms with van der Waals surface area (Å²) in [5.41, 5.74) is 1.27. The van der Waals surface area contributed by atoms with E-state index in [0.29, 0.717) is 16.5 Å². The minimum atomic E-state index is -0.475. The van der Waals surface area contributed by atoms with E-state index in [9.17, 15) is 9.59 Å². The zero-order valence-corrected chi connectivity index (χ0v) is 14.4. The maximum absolute atomic E-state index is 12.3. The third-order valence-electron chi connectivity index (χ3n) is 3.53. The molecule has 1 unspecified atom stereocenters. The van der Waals surface area contributed by atoms with E-state index in [2.05, 4.69) is 10.6 Å². The Labute approximate surface area is 148 Å². The molecule has 124 valence electrons. The van der Waals surface area contributed by atoms with E-state index >= 15 is 0 Å². The first-order chi connectivity index (χ1) is 11.6. The van der Waals surface area contributed by atoms with Gasteiger partial charge in [0.2, 0.25) is 11.8 Å². The summed E-state index contributed by atoms with van der Waals surface area (Å²) >= 11 is 7.50. The highest BCUT2D eigenvalue weighted by Crippen LogP contribution is 2.37. The minimum Gasteiger partial charge on any atom is -0.497 e. The van der Waals surface area contributed by atoms with Crippen molar-refractivity contribution in [2.45, 2.75) is 16.6 Å². The molecule has 0 spiro atoms. The molecule has 2 N–H and O–H groups in total. The van der Waals surface area contributed by atoms with Crippen LogP contribution in [0.4, 0.5) is 11.4 Å². The molecule has 24 heavy (non-hydrogen) atoms. The minimum absolute atomic E-state index is 0.0627. The van der Waals surface area contributed by atoms with Crippen molar-refractivity contribution < 1.29 is 14.3 Å². The number of nitrogens with one attached hydrogen (secondary N) is 2. The van der Waals surface area contributed by atoms with Crippen LogP contribution in [-0.2, 0) is 9.59 Å². The number of hydrogen-bond acceptors (Lipinski definition) is 4. The number of halogens is 1. The molecule has 2 amide bonds. The van der Waals surface area contributed by atoms with Crippen LogP contribution in [0.1, 0.15) is 6.42 Å². The first kappa shape index (κ1) is 16.7. The van der Waals surface area contributed by atoms with Gasteiger partial charge in [0.05, 0.1) is 28.8 Å². The normalized spacial score (nSPS) is 16.1. The van der Waals surface area contributed by atoms with Crippen molar-refractivity contribution in [3.8, 4) is 5.75 Å². The summed E-state index contributed by atoms with van der Waals surface area (Å²) in [6.07, 6.45) is 0.0627. The number of amides is 2. The number of hydrogen-bond donors (Lipinski definition) is 2. The lowest BCUT2D eigenvalue weighted by molar-refractivity contribution is -0.120. The fraction of sp³-hybridized carbons (Fsp3) is 0.176. The third-order valence-corrected chi connectivity index (χ3v) is 5.12. The fourth-order valence-corrected chi connectivity index (χ4v) is 3.65. The van der Waals surface area contributed by atoms with Crippen LogP contribution in [0.2, 0.25) is 5.02 Å². The topological polar surface area (TPSA) is 67.4 Å². The van der Waals surface area contributed by atoms with Gasteiger partial charge in [-0.1, -0.05) is 23.7 Å². The van der Waals surface area contributed by atoms with Crippen LogP contribution in [0.3, 0.4) is 0 Å². The summed E-state index contributed by atoms with van der Waals surface area (Å²) in [5, 5.41) is 5.46. The van der Waals surface area contributed by atoms with Gasteiger partial charge in [-0.15, -0.1) is 11.8 Å². The fourth-order valence-electron chi connectivity index (χ4n) is 2.32. The predicted octanol–water partition coefficient (Wildman–Crippen LogP) is 3.79. The summed E-state index contributed by atoms with van der Waals surface area (Å²) in [5.74, 6) is 0.167. The van der Waals surface area contributed by atoms with Gasteiger partial charge < -0.3 is 15.4 Å². The number of ether oxygens (including phenoxy) is 1. The van der Waals surface area contributed by atoms with Crippen molar-refractivity contribution in [3.05, 3.63) is 47.5 Å². The maximum atomic E-state index is 12.3. The molecule has 1 atom stereocenters. The van der Waals surface area contributed by atoms with E-state index in [-0.39, 0.29) is 18.2 Å². The molecule has 1 aliphatic heterocycles. The van der Waals surface area contributed by atoms with Gasteiger partial charge in [-0.25, -0.2) is 0 Å². The smallest absolute Gasteiger partial charge is 0.238 e. The highest BCUT2D eigenvalue weighted by atomic mass is 35.5. The van der Waals surface area contributed by atoms with Crippen LogP contribution >= 0.6 is 23.4 Å². The summed E-state index contributed by atoms with van der Waals surface area (Å²) in [7, 11) is 1.54. The molecule has 1 heterocycles. The van der Waals surface area contributed by atoms with E-state index in [1.165, 1.54) is 11.8 Å². The number of thioether (sulfide) groups is 1. The van der Waals surface area contributed by atoms with Crippen LogP contribution in [0.15, 0.2) is 47.4 Å². The molecular weight excluding hydrogens is 348 g/mol. The van der Waals surface area contributed by atoms with E-state index in [4.69, 9.17) is 16.3 Å². The lowest BCUT2D eigenvalue weighted by Gasteiger charge is -2.23. The quantitative estimate of drug-likeness (QED) is 0.868. The Morgan fingerprint density at radius 1 is 1.33 bits per heavy atom. The monoisotopic (exact) mass is 362 g/mol.